The topological polar surface area (TPSA) is 59.1 Å². The average Bonchev–Trinajstić information content (AvgIpc) is 3.42. The molecule has 2 amide bonds. The summed E-state index contributed by atoms with van der Waals surface area (Å²) in [6, 6.07) is 35.4. The minimum Gasteiger partial charge on any atom is -0.494 e. The molecular weight excluding hydrogens is 464 g/mol. The third-order valence-electron chi connectivity index (χ3n) is 7.08. The lowest BCUT2D eigenvalue weighted by Crippen LogP contribution is -2.46. The normalized spacial score (nSPS) is 22.8. The lowest BCUT2D eigenvalue weighted by molar-refractivity contribution is -0.126. The molecule has 0 bridgehead atoms. The van der Waals surface area contributed by atoms with E-state index in [4.69, 9.17) is 9.57 Å². The molecule has 0 N–H and O–H groups in total. The highest BCUT2D eigenvalue weighted by Gasteiger charge is 2.72. The number of nitrogens with zero attached hydrogens (tertiary/aromatic N) is 2. The number of benzene rings is 4. The number of para-hydroxylation sites is 1. The van der Waals surface area contributed by atoms with Crippen LogP contribution in [0.1, 0.15) is 24.1 Å². The first-order chi connectivity index (χ1) is 18.2. The molecule has 2 fully saturated rings. The standard InChI is InChI=1S/C31H26N2O4/c1-2-36-26-20-18-24(19-21-26)32-29(34)28-31(30(32)35,23-14-8-4-9-15-23)27(22-12-6-3-7-13-22)33(37-28)25-16-10-5-11-17-25/h3-21,27-28H,2H2,1H3/t27-,28+,31+/m0/s1. The van der Waals surface area contributed by atoms with Crippen molar-refractivity contribution in [3.63, 3.8) is 0 Å². The van der Waals surface area contributed by atoms with Gasteiger partial charge in [0, 0.05) is 0 Å². The van der Waals surface area contributed by atoms with E-state index in [0.29, 0.717) is 18.0 Å². The first kappa shape index (κ1) is 23.0. The molecule has 0 aliphatic carbocycles. The average molecular weight is 491 g/mol. The molecule has 6 rings (SSSR count). The minimum absolute atomic E-state index is 0.315. The summed E-state index contributed by atoms with van der Waals surface area (Å²) in [5, 5.41) is 1.73. The van der Waals surface area contributed by atoms with E-state index < -0.39 is 23.5 Å². The molecule has 6 heteroatoms. The van der Waals surface area contributed by atoms with Crippen LogP contribution in [-0.2, 0) is 19.8 Å². The number of carbonyl (C=O) groups excluding carboxylic acids is 2. The molecule has 0 aromatic heterocycles. The number of anilines is 2. The van der Waals surface area contributed by atoms with Crippen molar-refractivity contribution in [1.29, 1.82) is 0 Å². The van der Waals surface area contributed by atoms with Gasteiger partial charge in [-0.05, 0) is 54.4 Å². The van der Waals surface area contributed by atoms with Gasteiger partial charge in [-0.1, -0.05) is 78.9 Å². The number of hydroxylamine groups is 1. The number of imide groups is 1. The van der Waals surface area contributed by atoms with E-state index in [2.05, 4.69) is 0 Å². The molecule has 184 valence electrons. The Morgan fingerprint density at radius 1 is 0.757 bits per heavy atom. The van der Waals surface area contributed by atoms with Gasteiger partial charge in [0.2, 0.25) is 5.91 Å². The molecular formula is C31H26N2O4. The highest BCUT2D eigenvalue weighted by Crippen LogP contribution is 2.57. The van der Waals surface area contributed by atoms with Crippen molar-refractivity contribution in [3.8, 4) is 5.75 Å². The van der Waals surface area contributed by atoms with E-state index in [1.807, 2.05) is 97.9 Å². The Kier molecular flexibility index (Phi) is 5.74. The summed E-state index contributed by atoms with van der Waals surface area (Å²) in [5.41, 5.74) is 1.58. The number of hydrogen-bond acceptors (Lipinski definition) is 5. The van der Waals surface area contributed by atoms with Crippen LogP contribution in [0.5, 0.6) is 5.75 Å². The number of rotatable bonds is 6. The molecule has 6 nitrogen and oxygen atoms in total. The van der Waals surface area contributed by atoms with Crippen molar-refractivity contribution < 1.29 is 19.2 Å². The van der Waals surface area contributed by atoms with Crippen LogP contribution in [0.25, 0.3) is 0 Å². The zero-order chi connectivity index (χ0) is 25.4. The fraction of sp³-hybridized carbons (Fsp3) is 0.161. The van der Waals surface area contributed by atoms with Crippen LogP contribution >= 0.6 is 0 Å². The minimum atomic E-state index is -1.30. The molecule has 2 aliphatic rings. The zero-order valence-electron chi connectivity index (χ0n) is 20.4. The predicted octanol–water partition coefficient (Wildman–Crippen LogP) is 5.46. The Morgan fingerprint density at radius 3 is 1.97 bits per heavy atom. The molecule has 37 heavy (non-hydrogen) atoms. The van der Waals surface area contributed by atoms with E-state index in [1.54, 1.807) is 29.3 Å². The maximum absolute atomic E-state index is 14.7. The van der Waals surface area contributed by atoms with Gasteiger partial charge in [0.25, 0.3) is 5.91 Å². The highest BCUT2D eigenvalue weighted by atomic mass is 16.7. The molecule has 4 aromatic carbocycles. The van der Waals surface area contributed by atoms with Gasteiger partial charge < -0.3 is 4.74 Å². The second-order valence-electron chi connectivity index (χ2n) is 9.10. The Bertz CT molecular complexity index is 1410. The van der Waals surface area contributed by atoms with Gasteiger partial charge >= 0.3 is 0 Å². The molecule has 0 unspecified atom stereocenters. The van der Waals surface area contributed by atoms with Crippen LogP contribution in [0.15, 0.2) is 115 Å². The first-order valence-electron chi connectivity index (χ1n) is 12.4. The van der Waals surface area contributed by atoms with E-state index in [0.717, 1.165) is 16.8 Å². The van der Waals surface area contributed by atoms with Crippen LogP contribution in [0.3, 0.4) is 0 Å². The monoisotopic (exact) mass is 490 g/mol. The SMILES string of the molecule is CCOc1ccc(N2C(=O)[C@H]3ON(c4ccccc4)[C@@H](c4ccccc4)[C@@]3(c3ccccc3)C2=O)cc1. The van der Waals surface area contributed by atoms with Gasteiger partial charge in [0.1, 0.15) is 17.2 Å². The predicted molar refractivity (Wildman–Crippen MR) is 141 cm³/mol. The van der Waals surface area contributed by atoms with Crippen LogP contribution in [0.4, 0.5) is 11.4 Å². The van der Waals surface area contributed by atoms with Gasteiger partial charge in [-0.3, -0.25) is 14.4 Å². The Hall–Kier alpha value is -4.42. The summed E-state index contributed by atoms with van der Waals surface area (Å²) in [4.78, 5) is 36.5. The third kappa shape index (κ3) is 3.52. The summed E-state index contributed by atoms with van der Waals surface area (Å²) in [6.07, 6.45) is -1.04. The summed E-state index contributed by atoms with van der Waals surface area (Å²) < 4.78 is 5.56. The van der Waals surface area contributed by atoms with Crippen molar-refractivity contribution in [1.82, 2.24) is 0 Å². The second kappa shape index (κ2) is 9.22. The summed E-state index contributed by atoms with van der Waals surface area (Å²) in [7, 11) is 0. The zero-order valence-corrected chi connectivity index (χ0v) is 20.4. The van der Waals surface area contributed by atoms with Crippen molar-refractivity contribution in [2.75, 3.05) is 16.6 Å². The summed E-state index contributed by atoms with van der Waals surface area (Å²) in [6.45, 7) is 2.44. The van der Waals surface area contributed by atoms with Crippen LogP contribution in [0.2, 0.25) is 0 Å². The quantitative estimate of drug-likeness (QED) is 0.336. The molecule has 2 saturated heterocycles. The molecule has 0 spiro atoms. The van der Waals surface area contributed by atoms with Crippen LogP contribution in [-0.4, -0.2) is 24.5 Å². The van der Waals surface area contributed by atoms with Crippen molar-refractivity contribution >= 4 is 23.2 Å². The van der Waals surface area contributed by atoms with E-state index in [-0.39, 0.29) is 5.91 Å². The van der Waals surface area contributed by atoms with E-state index in [1.165, 1.54) is 4.90 Å². The van der Waals surface area contributed by atoms with Gasteiger partial charge in [-0.25, -0.2) is 9.96 Å². The largest absolute Gasteiger partial charge is 0.494 e. The second-order valence-corrected chi connectivity index (χ2v) is 9.10. The van der Waals surface area contributed by atoms with Crippen molar-refractivity contribution in [2.24, 2.45) is 0 Å². The summed E-state index contributed by atoms with van der Waals surface area (Å²) in [5.74, 6) is -0.0282. The lowest BCUT2D eigenvalue weighted by atomic mass is 9.69. The molecule has 2 aliphatic heterocycles. The maximum Gasteiger partial charge on any atom is 0.267 e. The number of carbonyl (C=O) groups is 2. The lowest BCUT2D eigenvalue weighted by Gasteiger charge is -2.35. The van der Waals surface area contributed by atoms with Crippen molar-refractivity contribution in [2.45, 2.75) is 24.5 Å². The van der Waals surface area contributed by atoms with Crippen LogP contribution < -0.4 is 14.7 Å². The number of hydrogen-bond donors (Lipinski definition) is 0. The Morgan fingerprint density at radius 2 is 1.35 bits per heavy atom. The Labute approximate surface area is 215 Å². The number of amides is 2. The van der Waals surface area contributed by atoms with Gasteiger partial charge in [-0.15, -0.1) is 0 Å². The molecule has 4 aromatic rings. The fourth-order valence-electron chi connectivity index (χ4n) is 5.52. The fourth-order valence-corrected chi connectivity index (χ4v) is 5.52. The third-order valence-corrected chi connectivity index (χ3v) is 7.08. The van der Waals surface area contributed by atoms with E-state index >= 15 is 0 Å². The molecule has 0 radical (unpaired) electrons. The van der Waals surface area contributed by atoms with Crippen LogP contribution in [0, 0.1) is 0 Å². The van der Waals surface area contributed by atoms with Gasteiger partial charge in [0.15, 0.2) is 6.10 Å². The maximum atomic E-state index is 14.7. The van der Waals surface area contributed by atoms with Crippen molar-refractivity contribution in [3.05, 3.63) is 126 Å². The smallest absolute Gasteiger partial charge is 0.267 e. The highest BCUT2D eigenvalue weighted by molar-refractivity contribution is 6.28. The first-order valence-corrected chi connectivity index (χ1v) is 12.4. The summed E-state index contributed by atoms with van der Waals surface area (Å²) >= 11 is 0. The van der Waals surface area contributed by atoms with Gasteiger partial charge in [-0.2, -0.15) is 0 Å². The molecule has 2 heterocycles. The molecule has 0 saturated carbocycles. The van der Waals surface area contributed by atoms with Gasteiger partial charge in [0.05, 0.1) is 18.0 Å². The van der Waals surface area contributed by atoms with E-state index in [9.17, 15) is 9.59 Å². The molecule has 3 atom stereocenters. The number of ether oxygens (including phenoxy) is 1. The number of fused-ring (bicyclic) bond motifs is 1. The Balaban J connectivity index is 1.56.